The van der Waals surface area contributed by atoms with Crippen molar-refractivity contribution in [2.45, 2.75) is 25.5 Å². The van der Waals surface area contributed by atoms with Gasteiger partial charge in [-0.15, -0.1) is 0 Å². The Bertz CT molecular complexity index is 654. The molecule has 2 unspecified atom stereocenters. The number of benzene rings is 1. The first kappa shape index (κ1) is 16.5. The Morgan fingerprint density at radius 2 is 2.04 bits per heavy atom. The number of aliphatic hydroxyl groups excluding tert-OH is 1. The topological polar surface area (TPSA) is 118 Å². The van der Waals surface area contributed by atoms with Crippen LogP contribution in [0.2, 0.25) is 0 Å². The van der Waals surface area contributed by atoms with E-state index in [1.165, 1.54) is 30.5 Å². The van der Waals surface area contributed by atoms with E-state index < -0.39 is 17.1 Å². The third-order valence-electron chi connectivity index (χ3n) is 3.16. The molecule has 0 saturated carbocycles. The summed E-state index contributed by atoms with van der Waals surface area (Å²) in [5.74, 6) is 0.439. The van der Waals surface area contributed by atoms with Gasteiger partial charge in [-0.1, -0.05) is 0 Å². The average Bonchev–Trinajstić information content (AvgIpc) is 3.01. The second kappa shape index (κ2) is 7.41. The quantitative estimate of drug-likeness (QED) is 0.559. The minimum atomic E-state index is -0.806. The summed E-state index contributed by atoms with van der Waals surface area (Å²) < 4.78 is 5.09. The van der Waals surface area contributed by atoms with Gasteiger partial charge < -0.3 is 20.2 Å². The molecule has 2 rings (SSSR count). The summed E-state index contributed by atoms with van der Waals surface area (Å²) in [6, 6.07) is 8.08. The Morgan fingerprint density at radius 3 is 2.61 bits per heavy atom. The van der Waals surface area contributed by atoms with Gasteiger partial charge in [0.1, 0.15) is 11.9 Å². The molecule has 2 atom stereocenters. The maximum Gasteiger partial charge on any atom is 0.319 e. The number of carbonyl (C=O) groups excluding carboxylic acids is 1. The summed E-state index contributed by atoms with van der Waals surface area (Å²) >= 11 is 0. The van der Waals surface area contributed by atoms with Crippen LogP contribution in [-0.4, -0.2) is 22.1 Å². The van der Waals surface area contributed by atoms with Crippen molar-refractivity contribution < 1.29 is 19.2 Å². The second-order valence-corrected chi connectivity index (χ2v) is 5.07. The van der Waals surface area contributed by atoms with Crippen LogP contribution in [-0.2, 0) is 0 Å². The van der Waals surface area contributed by atoms with Crippen molar-refractivity contribution in [2.24, 2.45) is 0 Å². The van der Waals surface area contributed by atoms with Crippen LogP contribution < -0.4 is 10.6 Å². The SMILES string of the molecule is CC(CC(O)c1ccco1)NC(=O)Nc1ccc([N+](=O)[O-])cc1. The van der Waals surface area contributed by atoms with E-state index in [4.69, 9.17) is 4.42 Å². The number of non-ortho nitro benzene ring substituents is 1. The highest BCUT2D eigenvalue weighted by Gasteiger charge is 2.16. The van der Waals surface area contributed by atoms with E-state index >= 15 is 0 Å². The molecule has 8 heteroatoms. The zero-order valence-electron chi connectivity index (χ0n) is 12.4. The lowest BCUT2D eigenvalue weighted by molar-refractivity contribution is -0.384. The summed E-state index contributed by atoms with van der Waals surface area (Å²) in [7, 11) is 0. The lowest BCUT2D eigenvalue weighted by atomic mass is 10.1. The summed E-state index contributed by atoms with van der Waals surface area (Å²) in [6.45, 7) is 1.75. The largest absolute Gasteiger partial charge is 0.467 e. The number of hydrogen-bond acceptors (Lipinski definition) is 5. The standard InChI is InChI=1S/C15H17N3O5/c1-10(9-13(19)14-3-2-8-23-14)16-15(20)17-11-4-6-12(7-5-11)18(21)22/h2-8,10,13,19H,9H2,1H3,(H2,16,17,20). The maximum absolute atomic E-state index is 11.8. The van der Waals surface area contributed by atoms with Crippen molar-refractivity contribution in [3.63, 3.8) is 0 Å². The Morgan fingerprint density at radius 1 is 1.35 bits per heavy atom. The molecule has 0 radical (unpaired) electrons. The molecular formula is C15H17N3O5. The molecule has 0 aliphatic rings. The zero-order chi connectivity index (χ0) is 16.8. The Balaban J connectivity index is 1.82. The van der Waals surface area contributed by atoms with Crippen LogP contribution in [0, 0.1) is 10.1 Å². The van der Waals surface area contributed by atoms with Crippen LogP contribution in [0.15, 0.2) is 47.1 Å². The van der Waals surface area contributed by atoms with Gasteiger partial charge in [-0.05, 0) is 31.2 Å². The third-order valence-corrected chi connectivity index (χ3v) is 3.16. The molecule has 0 aliphatic carbocycles. The third kappa shape index (κ3) is 4.82. The Labute approximate surface area is 132 Å². The summed E-state index contributed by atoms with van der Waals surface area (Å²) in [5, 5.41) is 25.7. The van der Waals surface area contributed by atoms with E-state index in [9.17, 15) is 20.0 Å². The van der Waals surface area contributed by atoms with Crippen LogP contribution in [0.3, 0.4) is 0 Å². The molecule has 1 aromatic heterocycles. The lowest BCUT2D eigenvalue weighted by Gasteiger charge is -2.17. The highest BCUT2D eigenvalue weighted by molar-refractivity contribution is 5.89. The van der Waals surface area contributed by atoms with Gasteiger partial charge in [-0.2, -0.15) is 0 Å². The van der Waals surface area contributed by atoms with Crippen LogP contribution in [0.4, 0.5) is 16.2 Å². The van der Waals surface area contributed by atoms with E-state index in [0.29, 0.717) is 17.9 Å². The average molecular weight is 319 g/mol. The molecule has 1 aromatic carbocycles. The fourth-order valence-electron chi connectivity index (χ4n) is 2.05. The maximum atomic E-state index is 11.8. The Kier molecular flexibility index (Phi) is 5.32. The number of nitro groups is 1. The highest BCUT2D eigenvalue weighted by atomic mass is 16.6. The predicted octanol–water partition coefficient (Wildman–Crippen LogP) is 2.82. The van der Waals surface area contributed by atoms with Gasteiger partial charge in [0, 0.05) is 30.3 Å². The summed E-state index contributed by atoms with van der Waals surface area (Å²) in [6.07, 6.45) is 0.957. The minimum absolute atomic E-state index is 0.0501. The molecule has 3 N–H and O–H groups in total. The molecule has 0 spiro atoms. The molecular weight excluding hydrogens is 302 g/mol. The number of rotatable bonds is 6. The number of carbonyl (C=O) groups is 1. The number of nitro benzene ring substituents is 1. The van der Waals surface area contributed by atoms with Gasteiger partial charge in [-0.25, -0.2) is 4.79 Å². The molecule has 0 aliphatic heterocycles. The summed E-state index contributed by atoms with van der Waals surface area (Å²) in [5.41, 5.74) is 0.387. The van der Waals surface area contributed by atoms with Crippen molar-refractivity contribution in [3.05, 3.63) is 58.5 Å². The van der Waals surface area contributed by atoms with Crippen molar-refractivity contribution in [2.75, 3.05) is 5.32 Å². The van der Waals surface area contributed by atoms with Crippen LogP contribution in [0.25, 0.3) is 0 Å². The molecule has 122 valence electrons. The highest BCUT2D eigenvalue weighted by Crippen LogP contribution is 2.19. The van der Waals surface area contributed by atoms with Gasteiger partial charge in [0.25, 0.3) is 5.69 Å². The van der Waals surface area contributed by atoms with E-state index in [-0.39, 0.29) is 11.7 Å². The number of nitrogens with zero attached hydrogens (tertiary/aromatic N) is 1. The van der Waals surface area contributed by atoms with Crippen molar-refractivity contribution in [1.29, 1.82) is 0 Å². The lowest BCUT2D eigenvalue weighted by Crippen LogP contribution is -2.37. The molecule has 0 fully saturated rings. The van der Waals surface area contributed by atoms with Gasteiger partial charge in [0.05, 0.1) is 11.2 Å². The first-order valence-electron chi connectivity index (χ1n) is 6.99. The van der Waals surface area contributed by atoms with Crippen molar-refractivity contribution in [1.82, 2.24) is 5.32 Å². The fourth-order valence-corrected chi connectivity index (χ4v) is 2.05. The molecule has 0 saturated heterocycles. The number of nitrogens with one attached hydrogen (secondary N) is 2. The molecule has 2 amide bonds. The number of aliphatic hydroxyl groups is 1. The van der Waals surface area contributed by atoms with Crippen LogP contribution in [0.5, 0.6) is 0 Å². The first-order chi connectivity index (χ1) is 11.0. The van der Waals surface area contributed by atoms with Gasteiger partial charge in [-0.3, -0.25) is 10.1 Å². The Hall–Kier alpha value is -2.87. The monoisotopic (exact) mass is 319 g/mol. The zero-order valence-corrected chi connectivity index (χ0v) is 12.4. The first-order valence-corrected chi connectivity index (χ1v) is 6.99. The van der Waals surface area contributed by atoms with Gasteiger partial charge >= 0.3 is 6.03 Å². The molecule has 1 heterocycles. The van der Waals surface area contributed by atoms with Gasteiger partial charge in [0.15, 0.2) is 0 Å². The minimum Gasteiger partial charge on any atom is -0.467 e. The number of hydrogen-bond donors (Lipinski definition) is 3. The normalized spacial score (nSPS) is 13.1. The van der Waals surface area contributed by atoms with Crippen LogP contribution in [0.1, 0.15) is 25.2 Å². The number of anilines is 1. The molecule has 23 heavy (non-hydrogen) atoms. The van der Waals surface area contributed by atoms with Crippen molar-refractivity contribution >= 4 is 17.4 Å². The second-order valence-electron chi connectivity index (χ2n) is 5.07. The van der Waals surface area contributed by atoms with E-state index in [2.05, 4.69) is 10.6 Å². The summed E-state index contributed by atoms with van der Waals surface area (Å²) in [4.78, 5) is 21.9. The number of amides is 2. The van der Waals surface area contributed by atoms with Gasteiger partial charge in [0.2, 0.25) is 0 Å². The smallest absolute Gasteiger partial charge is 0.319 e. The van der Waals surface area contributed by atoms with E-state index in [1.54, 1.807) is 19.1 Å². The van der Waals surface area contributed by atoms with Crippen molar-refractivity contribution in [3.8, 4) is 0 Å². The predicted molar refractivity (Wildman–Crippen MR) is 83.0 cm³/mol. The molecule has 8 nitrogen and oxygen atoms in total. The molecule has 0 bridgehead atoms. The number of furan rings is 1. The van der Waals surface area contributed by atoms with E-state index in [0.717, 1.165) is 0 Å². The van der Waals surface area contributed by atoms with Crippen LogP contribution >= 0.6 is 0 Å². The number of urea groups is 1. The van der Waals surface area contributed by atoms with E-state index in [1.807, 2.05) is 0 Å². The molecule has 2 aromatic rings. The fraction of sp³-hybridized carbons (Fsp3) is 0.267.